The van der Waals surface area contributed by atoms with Crippen LogP contribution in [0.1, 0.15) is 13.3 Å². The third-order valence-corrected chi connectivity index (χ3v) is 2.79. The van der Waals surface area contributed by atoms with E-state index in [1.807, 2.05) is 0 Å². The highest BCUT2D eigenvalue weighted by molar-refractivity contribution is 5.92. The van der Waals surface area contributed by atoms with Crippen molar-refractivity contribution in [2.24, 2.45) is 0 Å². The van der Waals surface area contributed by atoms with Gasteiger partial charge in [-0.05, 0) is 38.2 Å². The van der Waals surface area contributed by atoms with Gasteiger partial charge in [0.1, 0.15) is 5.75 Å². The molecule has 1 aromatic rings. The molecule has 0 aromatic heterocycles. The van der Waals surface area contributed by atoms with Gasteiger partial charge in [-0.3, -0.25) is 14.5 Å². The number of carbonyl (C=O) groups is 2. The number of methoxy groups -OCH3 is 1. The van der Waals surface area contributed by atoms with Crippen LogP contribution in [0.25, 0.3) is 0 Å². The van der Waals surface area contributed by atoms with Gasteiger partial charge in [0.05, 0.1) is 26.7 Å². The first-order chi connectivity index (χ1) is 10.0. The van der Waals surface area contributed by atoms with Crippen molar-refractivity contribution in [1.29, 1.82) is 0 Å². The fourth-order valence-corrected chi connectivity index (χ4v) is 1.71. The fraction of sp³-hybridized carbons (Fsp3) is 0.467. The largest absolute Gasteiger partial charge is 0.497 e. The van der Waals surface area contributed by atoms with Crippen molar-refractivity contribution in [2.75, 3.05) is 39.2 Å². The summed E-state index contributed by atoms with van der Waals surface area (Å²) < 4.78 is 9.88. The molecule has 0 spiro atoms. The number of rotatable bonds is 8. The minimum atomic E-state index is -0.250. The smallest absolute Gasteiger partial charge is 0.307 e. The summed E-state index contributed by atoms with van der Waals surface area (Å²) in [6, 6.07) is 7.10. The number of esters is 1. The first-order valence-electron chi connectivity index (χ1n) is 6.83. The summed E-state index contributed by atoms with van der Waals surface area (Å²) in [7, 11) is 3.37. The Morgan fingerprint density at radius 1 is 1.24 bits per heavy atom. The second-order valence-electron chi connectivity index (χ2n) is 4.57. The predicted octanol–water partition coefficient (Wildman–Crippen LogP) is 1.52. The minimum Gasteiger partial charge on any atom is -0.497 e. The molecular formula is C15H22N2O4. The molecule has 6 heteroatoms. The summed E-state index contributed by atoms with van der Waals surface area (Å²) in [6.07, 6.45) is 0.278. The lowest BCUT2D eigenvalue weighted by atomic mass is 10.3. The second-order valence-corrected chi connectivity index (χ2v) is 4.57. The van der Waals surface area contributed by atoms with Gasteiger partial charge in [0.2, 0.25) is 5.91 Å². The van der Waals surface area contributed by atoms with Gasteiger partial charge in [0.25, 0.3) is 0 Å². The molecule has 0 heterocycles. The SMILES string of the molecule is CCOC(=O)CCN(C)CC(=O)Nc1ccc(OC)cc1. The summed E-state index contributed by atoms with van der Waals surface area (Å²) in [4.78, 5) is 24.8. The Balaban J connectivity index is 2.33. The molecule has 0 unspecified atom stereocenters. The Morgan fingerprint density at radius 3 is 2.48 bits per heavy atom. The summed E-state index contributed by atoms with van der Waals surface area (Å²) in [6.45, 7) is 2.84. The molecular weight excluding hydrogens is 272 g/mol. The van der Waals surface area contributed by atoms with Gasteiger partial charge in [-0.25, -0.2) is 0 Å². The first kappa shape index (κ1) is 17.0. The van der Waals surface area contributed by atoms with Crippen molar-refractivity contribution in [2.45, 2.75) is 13.3 Å². The molecule has 116 valence electrons. The Morgan fingerprint density at radius 2 is 1.90 bits per heavy atom. The van der Waals surface area contributed by atoms with E-state index in [2.05, 4.69) is 5.32 Å². The zero-order valence-corrected chi connectivity index (χ0v) is 12.7. The van der Waals surface area contributed by atoms with E-state index in [9.17, 15) is 9.59 Å². The molecule has 0 aliphatic rings. The lowest BCUT2D eigenvalue weighted by Gasteiger charge is -2.15. The second kappa shape index (κ2) is 8.97. The molecule has 0 aliphatic carbocycles. The van der Waals surface area contributed by atoms with E-state index in [0.717, 1.165) is 5.75 Å². The Kier molecular flexibility index (Phi) is 7.25. The number of carbonyl (C=O) groups excluding carboxylic acids is 2. The van der Waals surface area contributed by atoms with Gasteiger partial charge in [0.15, 0.2) is 0 Å². The topological polar surface area (TPSA) is 67.9 Å². The van der Waals surface area contributed by atoms with Gasteiger partial charge < -0.3 is 14.8 Å². The number of hydrogen-bond acceptors (Lipinski definition) is 5. The molecule has 0 saturated carbocycles. The molecule has 0 atom stereocenters. The van der Waals surface area contributed by atoms with Gasteiger partial charge >= 0.3 is 5.97 Å². The highest BCUT2D eigenvalue weighted by atomic mass is 16.5. The highest BCUT2D eigenvalue weighted by Crippen LogP contribution is 2.14. The maximum absolute atomic E-state index is 11.8. The van der Waals surface area contributed by atoms with Gasteiger partial charge in [-0.1, -0.05) is 0 Å². The number of likely N-dealkylation sites (N-methyl/N-ethyl adjacent to an activating group) is 1. The van der Waals surface area contributed by atoms with Gasteiger partial charge in [0, 0.05) is 12.2 Å². The standard InChI is InChI=1S/C15H22N2O4/c1-4-21-15(19)9-10-17(2)11-14(18)16-12-5-7-13(20-3)8-6-12/h5-8H,4,9-11H2,1-3H3,(H,16,18). The van der Waals surface area contributed by atoms with Crippen molar-refractivity contribution in [1.82, 2.24) is 4.90 Å². The molecule has 1 N–H and O–H groups in total. The number of ether oxygens (including phenoxy) is 2. The molecule has 0 aliphatic heterocycles. The fourth-order valence-electron chi connectivity index (χ4n) is 1.71. The van der Waals surface area contributed by atoms with E-state index in [1.165, 1.54) is 0 Å². The molecule has 6 nitrogen and oxygen atoms in total. The Bertz CT molecular complexity index is 459. The van der Waals surface area contributed by atoms with E-state index in [-0.39, 0.29) is 24.8 Å². The molecule has 21 heavy (non-hydrogen) atoms. The van der Waals surface area contributed by atoms with E-state index in [0.29, 0.717) is 18.8 Å². The van der Waals surface area contributed by atoms with Gasteiger partial charge in [-0.2, -0.15) is 0 Å². The van der Waals surface area contributed by atoms with Crippen LogP contribution >= 0.6 is 0 Å². The maximum atomic E-state index is 11.8. The zero-order valence-electron chi connectivity index (χ0n) is 12.7. The average molecular weight is 294 g/mol. The summed E-state index contributed by atoms with van der Waals surface area (Å²) in [5.74, 6) is 0.353. The van der Waals surface area contributed by atoms with Crippen LogP contribution in [-0.4, -0.2) is 50.6 Å². The molecule has 1 rings (SSSR count). The zero-order chi connectivity index (χ0) is 15.7. The van der Waals surface area contributed by atoms with Crippen molar-refractivity contribution in [3.05, 3.63) is 24.3 Å². The molecule has 0 bridgehead atoms. The van der Waals surface area contributed by atoms with Crippen LogP contribution in [0.4, 0.5) is 5.69 Å². The lowest BCUT2D eigenvalue weighted by Crippen LogP contribution is -2.32. The number of nitrogens with one attached hydrogen (secondary N) is 1. The minimum absolute atomic E-state index is 0.133. The molecule has 1 aromatic carbocycles. The van der Waals surface area contributed by atoms with Crippen molar-refractivity contribution in [3.63, 3.8) is 0 Å². The first-order valence-corrected chi connectivity index (χ1v) is 6.83. The van der Waals surface area contributed by atoms with Crippen LogP contribution in [0.15, 0.2) is 24.3 Å². The third-order valence-electron chi connectivity index (χ3n) is 2.79. The Labute approximate surface area is 125 Å². The monoisotopic (exact) mass is 294 g/mol. The van der Waals surface area contributed by atoms with Crippen molar-refractivity contribution >= 4 is 17.6 Å². The van der Waals surface area contributed by atoms with Crippen molar-refractivity contribution in [3.8, 4) is 5.75 Å². The van der Waals surface area contributed by atoms with E-state index in [1.54, 1.807) is 50.2 Å². The van der Waals surface area contributed by atoms with Crippen LogP contribution in [0, 0.1) is 0 Å². The number of anilines is 1. The van der Waals surface area contributed by atoms with Crippen LogP contribution in [0.2, 0.25) is 0 Å². The number of hydrogen-bond donors (Lipinski definition) is 1. The van der Waals surface area contributed by atoms with E-state index >= 15 is 0 Å². The average Bonchev–Trinajstić information content (AvgIpc) is 2.46. The van der Waals surface area contributed by atoms with Crippen LogP contribution in [0.3, 0.4) is 0 Å². The summed E-state index contributed by atoms with van der Waals surface area (Å²) in [5.41, 5.74) is 0.708. The summed E-state index contributed by atoms with van der Waals surface area (Å²) >= 11 is 0. The molecule has 0 radical (unpaired) electrons. The molecule has 0 fully saturated rings. The normalized spacial score (nSPS) is 10.3. The quantitative estimate of drug-likeness (QED) is 0.736. The highest BCUT2D eigenvalue weighted by Gasteiger charge is 2.09. The number of nitrogens with zero attached hydrogens (tertiary/aromatic N) is 1. The van der Waals surface area contributed by atoms with Crippen LogP contribution in [0.5, 0.6) is 5.75 Å². The number of amides is 1. The third kappa shape index (κ3) is 6.76. The molecule has 1 amide bonds. The maximum Gasteiger partial charge on any atom is 0.307 e. The number of benzene rings is 1. The van der Waals surface area contributed by atoms with E-state index in [4.69, 9.17) is 9.47 Å². The summed E-state index contributed by atoms with van der Waals surface area (Å²) in [5, 5.41) is 2.78. The van der Waals surface area contributed by atoms with Crippen LogP contribution < -0.4 is 10.1 Å². The van der Waals surface area contributed by atoms with E-state index < -0.39 is 0 Å². The predicted molar refractivity (Wildman–Crippen MR) is 80.4 cm³/mol. The lowest BCUT2D eigenvalue weighted by molar-refractivity contribution is -0.143. The Hall–Kier alpha value is -2.08. The van der Waals surface area contributed by atoms with Crippen molar-refractivity contribution < 1.29 is 19.1 Å². The van der Waals surface area contributed by atoms with Gasteiger partial charge in [-0.15, -0.1) is 0 Å². The molecule has 0 saturated heterocycles. The van der Waals surface area contributed by atoms with Crippen LogP contribution in [-0.2, 0) is 14.3 Å².